The molecule has 0 radical (unpaired) electrons. The Kier molecular flexibility index (Phi) is 3.37. The van der Waals surface area contributed by atoms with E-state index in [0.717, 1.165) is 53.7 Å². The van der Waals surface area contributed by atoms with E-state index in [0.29, 0.717) is 11.1 Å². The number of aromatic amines is 1. The maximum Gasteiger partial charge on any atom is 0.340 e. The third kappa shape index (κ3) is 2.50. The van der Waals surface area contributed by atoms with E-state index in [2.05, 4.69) is 15.4 Å². The number of rotatable bonds is 3. The van der Waals surface area contributed by atoms with Crippen molar-refractivity contribution in [2.24, 2.45) is 0 Å². The number of hydrogen-bond acceptors (Lipinski definition) is 5. The molecule has 3 aromatic rings. The highest BCUT2D eigenvalue weighted by atomic mass is 16.5. The van der Waals surface area contributed by atoms with Gasteiger partial charge >= 0.3 is 5.97 Å². The number of esters is 1. The molecule has 0 saturated carbocycles. The molecule has 0 fully saturated rings. The summed E-state index contributed by atoms with van der Waals surface area (Å²) in [5.41, 5.74) is 4.03. The average molecular weight is 311 g/mol. The molecule has 6 heteroatoms. The summed E-state index contributed by atoms with van der Waals surface area (Å²) in [5.74, 6) is 0.560. The molecule has 0 unspecified atom stereocenters. The first-order chi connectivity index (χ1) is 11.2. The summed E-state index contributed by atoms with van der Waals surface area (Å²) in [4.78, 5) is 12.4. The molecule has 0 saturated heterocycles. The van der Waals surface area contributed by atoms with Gasteiger partial charge in [-0.3, -0.25) is 5.10 Å². The van der Waals surface area contributed by atoms with Crippen LogP contribution >= 0.6 is 0 Å². The van der Waals surface area contributed by atoms with Crippen LogP contribution in [0, 0.1) is 6.92 Å². The van der Waals surface area contributed by atoms with Gasteiger partial charge in [-0.15, -0.1) is 0 Å². The summed E-state index contributed by atoms with van der Waals surface area (Å²) in [5, 5.41) is 11.8. The number of aromatic nitrogens is 3. The van der Waals surface area contributed by atoms with Crippen LogP contribution in [-0.4, -0.2) is 21.3 Å². The van der Waals surface area contributed by atoms with Crippen molar-refractivity contribution in [3.63, 3.8) is 0 Å². The van der Waals surface area contributed by atoms with Crippen molar-refractivity contribution in [2.75, 3.05) is 0 Å². The molecule has 0 spiro atoms. The van der Waals surface area contributed by atoms with Crippen molar-refractivity contribution in [3.8, 4) is 0 Å². The molecule has 0 atom stereocenters. The fraction of sp³-hybridized carbons (Fsp3) is 0.353. The monoisotopic (exact) mass is 311 g/mol. The number of benzene rings is 1. The molecule has 1 N–H and O–H groups in total. The second-order valence-electron chi connectivity index (χ2n) is 5.96. The van der Waals surface area contributed by atoms with E-state index in [4.69, 9.17) is 9.26 Å². The predicted octanol–water partition coefficient (Wildman–Crippen LogP) is 3.10. The van der Waals surface area contributed by atoms with Crippen molar-refractivity contribution in [2.45, 2.75) is 39.2 Å². The van der Waals surface area contributed by atoms with Crippen molar-refractivity contribution in [3.05, 3.63) is 46.5 Å². The van der Waals surface area contributed by atoms with Gasteiger partial charge in [0.2, 0.25) is 0 Å². The van der Waals surface area contributed by atoms with Crippen molar-refractivity contribution in [1.29, 1.82) is 0 Å². The molecule has 1 aliphatic rings. The number of hydrogen-bond donors (Lipinski definition) is 1. The van der Waals surface area contributed by atoms with E-state index in [1.165, 1.54) is 0 Å². The van der Waals surface area contributed by atoms with Gasteiger partial charge in [0, 0.05) is 17.4 Å². The standard InChI is InChI=1S/C17H17N3O3/c1-10-6-11-8-18-19-16(11)13(7-10)17(21)22-9-14-12-4-2-3-5-15(12)23-20-14/h6-8H,2-5,9H2,1H3,(H,18,19). The Morgan fingerprint density at radius 1 is 1.35 bits per heavy atom. The minimum absolute atomic E-state index is 0.140. The molecule has 4 rings (SSSR count). The van der Waals surface area contributed by atoms with E-state index in [1.807, 2.05) is 13.0 Å². The minimum atomic E-state index is -0.379. The van der Waals surface area contributed by atoms with Crippen LogP contribution in [-0.2, 0) is 24.2 Å². The molecule has 23 heavy (non-hydrogen) atoms. The highest BCUT2D eigenvalue weighted by Gasteiger charge is 2.21. The average Bonchev–Trinajstić information content (AvgIpc) is 3.18. The second kappa shape index (κ2) is 5.53. The fourth-order valence-corrected chi connectivity index (χ4v) is 3.14. The summed E-state index contributed by atoms with van der Waals surface area (Å²) in [6.45, 7) is 2.08. The SMILES string of the molecule is Cc1cc(C(=O)OCc2noc3c2CCCC3)c2[nH]ncc2c1. The first-order valence-corrected chi connectivity index (χ1v) is 7.79. The van der Waals surface area contributed by atoms with Crippen molar-refractivity contribution in [1.82, 2.24) is 15.4 Å². The lowest BCUT2D eigenvalue weighted by molar-refractivity contribution is 0.0465. The summed E-state index contributed by atoms with van der Waals surface area (Å²) in [7, 11) is 0. The topological polar surface area (TPSA) is 81.0 Å². The number of fused-ring (bicyclic) bond motifs is 2. The number of H-pyrrole nitrogens is 1. The zero-order chi connectivity index (χ0) is 15.8. The molecular weight excluding hydrogens is 294 g/mol. The molecule has 1 aromatic carbocycles. The molecule has 0 bridgehead atoms. The van der Waals surface area contributed by atoms with Gasteiger partial charge in [-0.05, 0) is 43.9 Å². The molecule has 0 aliphatic heterocycles. The number of ether oxygens (including phenoxy) is 1. The minimum Gasteiger partial charge on any atom is -0.455 e. The first-order valence-electron chi connectivity index (χ1n) is 7.79. The van der Waals surface area contributed by atoms with Gasteiger partial charge in [0.05, 0.1) is 17.3 Å². The molecule has 6 nitrogen and oxygen atoms in total. The zero-order valence-electron chi connectivity index (χ0n) is 12.9. The molecule has 0 amide bonds. The maximum atomic E-state index is 12.4. The normalized spacial score (nSPS) is 14.0. The Morgan fingerprint density at radius 2 is 2.22 bits per heavy atom. The van der Waals surface area contributed by atoms with Crippen molar-refractivity contribution >= 4 is 16.9 Å². The summed E-state index contributed by atoms with van der Waals surface area (Å²) >= 11 is 0. The molecule has 1 aliphatic carbocycles. The molecular formula is C17H17N3O3. The van der Waals surface area contributed by atoms with E-state index in [9.17, 15) is 4.79 Å². The molecule has 2 heterocycles. The van der Waals surface area contributed by atoms with Gasteiger partial charge in [0.1, 0.15) is 18.1 Å². The van der Waals surface area contributed by atoms with Crippen LogP contribution in [0.5, 0.6) is 0 Å². The predicted molar refractivity (Wildman–Crippen MR) is 83.1 cm³/mol. The van der Waals surface area contributed by atoms with Gasteiger partial charge in [-0.2, -0.15) is 5.10 Å². The Balaban J connectivity index is 1.56. The van der Waals surface area contributed by atoms with Gasteiger partial charge in [-0.25, -0.2) is 4.79 Å². The van der Waals surface area contributed by atoms with E-state index < -0.39 is 0 Å². The summed E-state index contributed by atoms with van der Waals surface area (Å²) < 4.78 is 10.8. The Morgan fingerprint density at radius 3 is 3.13 bits per heavy atom. The van der Waals surface area contributed by atoms with Crippen LogP contribution in [0.3, 0.4) is 0 Å². The van der Waals surface area contributed by atoms with E-state index >= 15 is 0 Å². The van der Waals surface area contributed by atoms with E-state index in [-0.39, 0.29) is 12.6 Å². The van der Waals surface area contributed by atoms with Crippen LogP contribution in [0.25, 0.3) is 10.9 Å². The lowest BCUT2D eigenvalue weighted by Crippen LogP contribution is -2.09. The fourth-order valence-electron chi connectivity index (χ4n) is 3.14. The molecule has 2 aromatic heterocycles. The van der Waals surface area contributed by atoms with Gasteiger partial charge < -0.3 is 9.26 Å². The number of carbonyl (C=O) groups excluding carboxylic acids is 1. The van der Waals surface area contributed by atoms with Gasteiger partial charge in [0.25, 0.3) is 0 Å². The van der Waals surface area contributed by atoms with Crippen LogP contribution in [0.15, 0.2) is 22.9 Å². The Labute approximate surface area is 132 Å². The summed E-state index contributed by atoms with van der Waals surface area (Å²) in [6.07, 6.45) is 5.82. The Bertz CT molecular complexity index is 878. The maximum absolute atomic E-state index is 12.4. The second-order valence-corrected chi connectivity index (χ2v) is 5.96. The summed E-state index contributed by atoms with van der Waals surface area (Å²) in [6, 6.07) is 3.78. The van der Waals surface area contributed by atoms with Crippen molar-refractivity contribution < 1.29 is 14.1 Å². The first kappa shape index (κ1) is 14.0. The van der Waals surface area contributed by atoms with Crippen LogP contribution in [0.1, 0.15) is 45.8 Å². The highest BCUT2D eigenvalue weighted by molar-refractivity contribution is 6.02. The lowest BCUT2D eigenvalue weighted by Gasteiger charge is -2.10. The third-order valence-electron chi connectivity index (χ3n) is 4.28. The van der Waals surface area contributed by atoms with Crippen LogP contribution < -0.4 is 0 Å². The zero-order valence-corrected chi connectivity index (χ0v) is 12.9. The Hall–Kier alpha value is -2.63. The van der Waals surface area contributed by atoms with Crippen LogP contribution in [0.4, 0.5) is 0 Å². The van der Waals surface area contributed by atoms with Gasteiger partial charge in [0.15, 0.2) is 0 Å². The quantitative estimate of drug-likeness (QED) is 0.752. The highest BCUT2D eigenvalue weighted by Crippen LogP contribution is 2.25. The molecule has 118 valence electrons. The van der Waals surface area contributed by atoms with Crippen LogP contribution in [0.2, 0.25) is 0 Å². The smallest absolute Gasteiger partial charge is 0.340 e. The number of aryl methyl sites for hydroxylation is 2. The third-order valence-corrected chi connectivity index (χ3v) is 4.28. The lowest BCUT2D eigenvalue weighted by atomic mass is 9.97. The number of nitrogens with zero attached hydrogens (tertiary/aromatic N) is 2. The van der Waals surface area contributed by atoms with E-state index in [1.54, 1.807) is 12.3 Å². The number of nitrogens with one attached hydrogen (secondary N) is 1. The van der Waals surface area contributed by atoms with Gasteiger partial charge in [-0.1, -0.05) is 5.16 Å². The largest absolute Gasteiger partial charge is 0.455 e. The number of carbonyl (C=O) groups is 1.